The third-order valence-corrected chi connectivity index (χ3v) is 8.11. The molecule has 11 nitrogen and oxygen atoms in total. The zero-order valence-electron chi connectivity index (χ0n) is 25.5. The van der Waals surface area contributed by atoms with E-state index in [1.165, 1.54) is 30.9 Å². The van der Waals surface area contributed by atoms with Gasteiger partial charge in [-0.05, 0) is 53.9 Å². The number of aryl methyl sites for hydroxylation is 1. The largest absolute Gasteiger partial charge is 0.493 e. The van der Waals surface area contributed by atoms with Gasteiger partial charge in [0.1, 0.15) is 23.4 Å². The molecule has 3 heterocycles. The van der Waals surface area contributed by atoms with Crippen LogP contribution in [0.4, 0.5) is 4.39 Å². The fourth-order valence-electron chi connectivity index (χ4n) is 5.60. The van der Waals surface area contributed by atoms with Crippen LogP contribution in [0.5, 0.6) is 17.2 Å². The molecular formula is C34H34FN5O6. The lowest BCUT2D eigenvalue weighted by atomic mass is 10.00. The van der Waals surface area contributed by atoms with Gasteiger partial charge < -0.3 is 29.7 Å². The molecule has 0 radical (unpaired) electrons. The van der Waals surface area contributed by atoms with Crippen molar-refractivity contribution in [2.24, 2.45) is 0 Å². The zero-order chi connectivity index (χ0) is 32.2. The van der Waals surface area contributed by atoms with E-state index in [9.17, 15) is 18.8 Å². The number of nitrogens with one attached hydrogen (secondary N) is 3. The lowest BCUT2D eigenvalue weighted by Crippen LogP contribution is -2.58. The second-order valence-corrected chi connectivity index (χ2v) is 11.2. The first-order valence-corrected chi connectivity index (χ1v) is 15.1. The summed E-state index contributed by atoms with van der Waals surface area (Å²) >= 11 is 0. The van der Waals surface area contributed by atoms with Crippen LogP contribution >= 0.6 is 0 Å². The molecular weight excluding hydrogens is 593 g/mol. The number of fused-ring (bicyclic) bond motifs is 5. The Hall–Kier alpha value is -5.39. The van der Waals surface area contributed by atoms with E-state index >= 15 is 0 Å². The summed E-state index contributed by atoms with van der Waals surface area (Å²) in [5.41, 5.74) is 3.81. The summed E-state index contributed by atoms with van der Waals surface area (Å²) in [6, 6.07) is 17.9. The predicted molar refractivity (Wildman–Crippen MR) is 166 cm³/mol. The molecule has 3 aromatic carbocycles. The molecule has 6 rings (SSSR count). The third-order valence-electron chi connectivity index (χ3n) is 8.11. The van der Waals surface area contributed by atoms with Crippen LogP contribution in [0.1, 0.15) is 45.3 Å². The number of hydrogen-bond donors (Lipinski definition) is 3. The maximum Gasteiger partial charge on any atom is 0.271 e. The van der Waals surface area contributed by atoms with E-state index in [0.717, 1.165) is 12.0 Å². The van der Waals surface area contributed by atoms with Gasteiger partial charge in [0, 0.05) is 43.2 Å². The number of halogens is 1. The number of carbonyl (C=O) groups is 3. The first-order valence-electron chi connectivity index (χ1n) is 15.1. The summed E-state index contributed by atoms with van der Waals surface area (Å²) in [6.07, 6.45) is 0.692. The second-order valence-electron chi connectivity index (χ2n) is 11.2. The summed E-state index contributed by atoms with van der Waals surface area (Å²) in [5, 5.41) is 12.9. The quantitative estimate of drug-likeness (QED) is 0.313. The van der Waals surface area contributed by atoms with Gasteiger partial charge in [-0.3, -0.25) is 19.5 Å². The number of hydrogen-bond acceptors (Lipinski definition) is 7. The molecule has 1 saturated heterocycles. The number of piperidine rings is 1. The number of aromatic nitrogens is 2. The molecule has 1 fully saturated rings. The summed E-state index contributed by atoms with van der Waals surface area (Å²) in [6.45, 7) is 2.25. The number of H-pyrrole nitrogens is 1. The fraction of sp³-hybridized carbons (Fsp3) is 0.294. The maximum atomic E-state index is 14.6. The number of aromatic amines is 1. The van der Waals surface area contributed by atoms with Gasteiger partial charge >= 0.3 is 0 Å². The lowest BCUT2D eigenvalue weighted by Gasteiger charge is -2.38. The summed E-state index contributed by atoms with van der Waals surface area (Å²) < 4.78 is 31.9. The van der Waals surface area contributed by atoms with Crippen molar-refractivity contribution in [1.29, 1.82) is 0 Å². The molecule has 0 unspecified atom stereocenters. The maximum absolute atomic E-state index is 14.6. The van der Waals surface area contributed by atoms with Crippen molar-refractivity contribution in [2.75, 3.05) is 26.8 Å². The Morgan fingerprint density at radius 2 is 1.87 bits per heavy atom. The normalized spacial score (nSPS) is 18.4. The smallest absolute Gasteiger partial charge is 0.271 e. The summed E-state index contributed by atoms with van der Waals surface area (Å²) in [5.74, 6) is -0.896. The number of rotatable bonds is 4. The molecule has 2 atom stereocenters. The van der Waals surface area contributed by atoms with E-state index in [1.54, 1.807) is 29.2 Å². The molecule has 0 saturated carbocycles. The number of amides is 3. The van der Waals surface area contributed by atoms with E-state index in [0.29, 0.717) is 35.7 Å². The van der Waals surface area contributed by atoms with Crippen LogP contribution in [0, 0.1) is 5.82 Å². The predicted octanol–water partition coefficient (Wildman–Crippen LogP) is 3.89. The average molecular weight is 628 g/mol. The number of methoxy groups -OCH3 is 1. The Kier molecular flexibility index (Phi) is 8.86. The molecule has 238 valence electrons. The Labute approximate surface area is 265 Å². The van der Waals surface area contributed by atoms with Gasteiger partial charge in [0.2, 0.25) is 0 Å². The molecule has 0 spiro atoms. The molecule has 0 aliphatic carbocycles. The zero-order valence-corrected chi connectivity index (χ0v) is 25.5. The topological polar surface area (TPSA) is 135 Å². The van der Waals surface area contributed by atoms with Crippen molar-refractivity contribution in [3.63, 3.8) is 0 Å². The minimum atomic E-state index is -0.653. The van der Waals surface area contributed by atoms with Crippen LogP contribution in [0.3, 0.4) is 0 Å². The first-order chi connectivity index (χ1) is 22.3. The Morgan fingerprint density at radius 1 is 1.07 bits per heavy atom. The molecule has 2 aliphatic heterocycles. The third kappa shape index (κ3) is 6.80. The van der Waals surface area contributed by atoms with Crippen molar-refractivity contribution in [2.45, 2.75) is 38.5 Å². The second kappa shape index (κ2) is 13.3. The fourth-order valence-corrected chi connectivity index (χ4v) is 5.60. The van der Waals surface area contributed by atoms with Crippen LogP contribution in [-0.4, -0.2) is 71.8 Å². The van der Waals surface area contributed by atoms with Gasteiger partial charge in [-0.15, -0.1) is 0 Å². The van der Waals surface area contributed by atoms with E-state index < -0.39 is 29.8 Å². The number of nitrogens with zero attached hydrogens (tertiary/aromatic N) is 2. The van der Waals surface area contributed by atoms with Crippen molar-refractivity contribution in [3.05, 3.63) is 94.9 Å². The molecule has 1 aromatic heterocycles. The van der Waals surface area contributed by atoms with Crippen LogP contribution in [0.2, 0.25) is 0 Å². The molecule has 3 amide bonds. The molecule has 2 aliphatic rings. The van der Waals surface area contributed by atoms with Gasteiger partial charge in [-0.25, -0.2) is 4.39 Å². The monoisotopic (exact) mass is 627 g/mol. The Balaban J connectivity index is 1.27. The number of likely N-dealkylation sites (tertiary alicyclic amines) is 1. The van der Waals surface area contributed by atoms with Gasteiger partial charge in [0.15, 0.2) is 18.1 Å². The van der Waals surface area contributed by atoms with Gasteiger partial charge in [0.05, 0.1) is 18.8 Å². The molecule has 4 bridgehead atoms. The van der Waals surface area contributed by atoms with Crippen molar-refractivity contribution in [1.82, 2.24) is 25.7 Å². The first kappa shape index (κ1) is 30.6. The minimum absolute atomic E-state index is 0.0511. The minimum Gasteiger partial charge on any atom is -0.493 e. The van der Waals surface area contributed by atoms with Crippen LogP contribution in [0.15, 0.2) is 66.7 Å². The number of benzene rings is 3. The molecule has 46 heavy (non-hydrogen) atoms. The van der Waals surface area contributed by atoms with Crippen LogP contribution in [-0.2, 0) is 17.8 Å². The highest BCUT2D eigenvalue weighted by molar-refractivity contribution is 5.96. The van der Waals surface area contributed by atoms with E-state index in [2.05, 4.69) is 27.8 Å². The van der Waals surface area contributed by atoms with E-state index in [-0.39, 0.29) is 42.7 Å². The van der Waals surface area contributed by atoms with E-state index in [4.69, 9.17) is 14.2 Å². The van der Waals surface area contributed by atoms with Crippen molar-refractivity contribution < 1.29 is 33.0 Å². The standard InChI is InChI=1S/C34H34FN5O6/c1-3-20-4-6-22(7-5-20)26-16-27(39-38-26)34(43)40-11-10-29-28(18-40)37-33(42)23-8-9-30(44-2)31(14-23)45-19-32(41)36-17-21-12-24(35)15-25(13-21)46-29/h4-9,12-16,28-29H,3,10-11,17-19H2,1-2H3,(H,36,41)(H,37,42)(H,38,39)/t28-,29+/m0/s1. The van der Waals surface area contributed by atoms with Crippen LogP contribution in [0.25, 0.3) is 11.3 Å². The summed E-state index contributed by atoms with van der Waals surface area (Å²) in [4.78, 5) is 41.3. The average Bonchev–Trinajstić information content (AvgIpc) is 3.56. The Bertz CT molecular complexity index is 1760. The molecule has 4 aromatic rings. The number of carbonyl (C=O) groups excluding carboxylic acids is 3. The highest BCUT2D eigenvalue weighted by Gasteiger charge is 2.35. The van der Waals surface area contributed by atoms with E-state index in [1.807, 2.05) is 24.3 Å². The van der Waals surface area contributed by atoms with Gasteiger partial charge in [-0.2, -0.15) is 5.10 Å². The molecule has 12 heteroatoms. The highest BCUT2D eigenvalue weighted by Crippen LogP contribution is 2.29. The number of ether oxygens (including phenoxy) is 3. The van der Waals surface area contributed by atoms with Crippen molar-refractivity contribution in [3.8, 4) is 28.5 Å². The lowest BCUT2D eigenvalue weighted by molar-refractivity contribution is -0.123. The molecule has 3 N–H and O–H groups in total. The summed E-state index contributed by atoms with van der Waals surface area (Å²) in [7, 11) is 1.45. The van der Waals surface area contributed by atoms with Gasteiger partial charge in [0.25, 0.3) is 17.7 Å². The Morgan fingerprint density at radius 3 is 2.65 bits per heavy atom. The van der Waals surface area contributed by atoms with Crippen LogP contribution < -0.4 is 24.8 Å². The van der Waals surface area contributed by atoms with Gasteiger partial charge in [-0.1, -0.05) is 31.2 Å². The SMILES string of the molecule is CCc1ccc(-c2cc(C(=O)N3CC[C@H]4Oc5cc(F)cc(c5)CNC(=O)COc5cc(ccc5OC)C(=O)N[C@H]4C3)[nH]n2)cc1. The highest BCUT2D eigenvalue weighted by atomic mass is 19.1. The van der Waals surface area contributed by atoms with Crippen molar-refractivity contribution >= 4 is 17.7 Å².